The number of hydrogen-bond donors (Lipinski definition) is 2. The van der Waals surface area contributed by atoms with Crippen LogP contribution in [0.3, 0.4) is 0 Å². The van der Waals surface area contributed by atoms with Crippen LogP contribution >= 0.6 is 15.9 Å². The first-order chi connectivity index (χ1) is 11.3. The van der Waals surface area contributed by atoms with Gasteiger partial charge in [-0.25, -0.2) is 0 Å². The van der Waals surface area contributed by atoms with Crippen LogP contribution in [0, 0.1) is 0 Å². The number of nitrogens with zero attached hydrogens (tertiary/aromatic N) is 1. The van der Waals surface area contributed by atoms with Crippen molar-refractivity contribution in [3.63, 3.8) is 0 Å². The first kappa shape index (κ1) is 17.1. The highest BCUT2D eigenvalue weighted by molar-refractivity contribution is 9.10. The van der Waals surface area contributed by atoms with Crippen LogP contribution in [0.1, 0.15) is 22.3 Å². The maximum Gasteiger partial charge on any atom is 0.416 e. The van der Waals surface area contributed by atoms with E-state index in [1.54, 1.807) is 6.07 Å². The summed E-state index contributed by atoms with van der Waals surface area (Å²) in [6.45, 7) is 2.06. The summed E-state index contributed by atoms with van der Waals surface area (Å²) in [6.07, 6.45) is -3.53. The highest BCUT2D eigenvalue weighted by atomic mass is 79.9. The molecule has 0 aromatic heterocycles. The molecule has 0 fully saturated rings. The molecule has 128 valence electrons. The van der Waals surface area contributed by atoms with E-state index in [-0.39, 0.29) is 0 Å². The number of halogens is 4. The Kier molecular flexibility index (Phi) is 4.48. The first-order valence-electron chi connectivity index (χ1n) is 7.49. The van der Waals surface area contributed by atoms with Crippen LogP contribution in [-0.4, -0.2) is 11.4 Å². The van der Waals surface area contributed by atoms with E-state index in [0.717, 1.165) is 46.3 Å². The van der Waals surface area contributed by atoms with Gasteiger partial charge in [-0.3, -0.25) is 4.90 Å². The summed E-state index contributed by atoms with van der Waals surface area (Å²) in [4.78, 5) is 2.19. The lowest BCUT2D eigenvalue weighted by molar-refractivity contribution is -0.137. The van der Waals surface area contributed by atoms with Crippen LogP contribution < -0.4 is 11.5 Å². The van der Waals surface area contributed by atoms with Gasteiger partial charge in [0.25, 0.3) is 0 Å². The van der Waals surface area contributed by atoms with Crippen molar-refractivity contribution < 1.29 is 13.2 Å². The van der Waals surface area contributed by atoms with Crippen LogP contribution in [0.5, 0.6) is 0 Å². The normalized spacial score (nSPS) is 15.3. The molecule has 0 aliphatic carbocycles. The smallest absolute Gasteiger partial charge is 0.397 e. The molecule has 24 heavy (non-hydrogen) atoms. The molecule has 0 unspecified atom stereocenters. The zero-order valence-electron chi connectivity index (χ0n) is 12.8. The average Bonchev–Trinajstić information content (AvgIpc) is 2.52. The lowest BCUT2D eigenvalue weighted by atomic mass is 9.96. The van der Waals surface area contributed by atoms with Crippen molar-refractivity contribution >= 4 is 27.3 Å². The standard InChI is InChI=1S/C17H17BrF3N3/c18-14-7-15(22)16(23)12-5-6-24(9-13(12)14)8-10-1-3-11(4-2-10)17(19,20)21/h1-4,7H,5-6,8-9,22-23H2. The van der Waals surface area contributed by atoms with Crippen molar-refractivity contribution in [3.8, 4) is 0 Å². The number of alkyl halides is 3. The summed E-state index contributed by atoms with van der Waals surface area (Å²) in [5.41, 5.74) is 15.5. The molecule has 7 heteroatoms. The van der Waals surface area contributed by atoms with Crippen LogP contribution in [0.2, 0.25) is 0 Å². The van der Waals surface area contributed by atoms with E-state index < -0.39 is 11.7 Å². The Morgan fingerprint density at radius 1 is 1.08 bits per heavy atom. The molecule has 3 nitrogen and oxygen atoms in total. The molecule has 2 aromatic rings. The van der Waals surface area contributed by atoms with E-state index in [1.807, 2.05) is 0 Å². The van der Waals surface area contributed by atoms with Crippen LogP contribution in [-0.2, 0) is 25.7 Å². The molecule has 0 spiro atoms. The van der Waals surface area contributed by atoms with Gasteiger partial charge in [-0.2, -0.15) is 13.2 Å². The average molecular weight is 400 g/mol. The maximum absolute atomic E-state index is 12.6. The van der Waals surface area contributed by atoms with Crippen molar-refractivity contribution in [1.82, 2.24) is 4.90 Å². The van der Waals surface area contributed by atoms with E-state index in [4.69, 9.17) is 11.5 Å². The number of nitrogens with two attached hydrogens (primary N) is 2. The molecule has 0 saturated heterocycles. The number of anilines is 2. The van der Waals surface area contributed by atoms with Gasteiger partial charge < -0.3 is 11.5 Å². The zero-order chi connectivity index (χ0) is 17.5. The fraction of sp³-hybridized carbons (Fsp3) is 0.294. The third kappa shape index (κ3) is 3.37. The molecular formula is C17H17BrF3N3. The monoisotopic (exact) mass is 399 g/mol. The quantitative estimate of drug-likeness (QED) is 0.744. The molecule has 2 aromatic carbocycles. The second-order valence-corrected chi connectivity index (χ2v) is 6.83. The predicted octanol–water partition coefficient (Wildman–Crippen LogP) is 4.19. The zero-order valence-corrected chi connectivity index (χ0v) is 14.4. The fourth-order valence-corrected chi connectivity index (χ4v) is 3.62. The van der Waals surface area contributed by atoms with Crippen molar-refractivity contribution in [2.75, 3.05) is 18.0 Å². The molecule has 0 saturated carbocycles. The highest BCUT2D eigenvalue weighted by Crippen LogP contribution is 2.35. The fourth-order valence-electron chi connectivity index (χ4n) is 3.00. The third-order valence-electron chi connectivity index (χ3n) is 4.32. The maximum atomic E-state index is 12.6. The molecular weight excluding hydrogens is 383 g/mol. The molecule has 1 aliphatic heterocycles. The van der Waals surface area contributed by atoms with Crippen molar-refractivity contribution in [3.05, 3.63) is 57.1 Å². The summed E-state index contributed by atoms with van der Waals surface area (Å²) in [6, 6.07) is 7.12. The Morgan fingerprint density at radius 2 is 1.75 bits per heavy atom. The van der Waals surface area contributed by atoms with Crippen LogP contribution in [0.25, 0.3) is 0 Å². The molecule has 1 heterocycles. The lowest BCUT2D eigenvalue weighted by Crippen LogP contribution is -2.31. The Balaban J connectivity index is 1.76. The Morgan fingerprint density at radius 3 is 2.38 bits per heavy atom. The lowest BCUT2D eigenvalue weighted by Gasteiger charge is -2.31. The minimum Gasteiger partial charge on any atom is -0.397 e. The molecule has 1 aliphatic rings. The number of rotatable bonds is 2. The summed E-state index contributed by atoms with van der Waals surface area (Å²) in [7, 11) is 0. The topological polar surface area (TPSA) is 55.3 Å². The molecule has 0 bridgehead atoms. The van der Waals surface area contributed by atoms with Crippen LogP contribution in [0.15, 0.2) is 34.8 Å². The first-order valence-corrected chi connectivity index (χ1v) is 8.28. The van der Waals surface area contributed by atoms with Gasteiger partial charge in [-0.15, -0.1) is 0 Å². The number of fused-ring (bicyclic) bond motifs is 1. The van der Waals surface area contributed by atoms with E-state index in [9.17, 15) is 13.2 Å². The molecule has 4 N–H and O–H groups in total. The molecule has 0 amide bonds. The second kappa shape index (κ2) is 6.29. The van der Waals surface area contributed by atoms with Gasteiger partial charge >= 0.3 is 6.18 Å². The molecule has 0 atom stereocenters. The SMILES string of the molecule is Nc1cc(Br)c2c(c1N)CCN(Cc1ccc(C(F)(F)F)cc1)C2. The highest BCUT2D eigenvalue weighted by Gasteiger charge is 2.30. The van der Waals surface area contributed by atoms with E-state index >= 15 is 0 Å². The van der Waals surface area contributed by atoms with E-state index in [1.165, 1.54) is 12.1 Å². The molecule has 3 rings (SSSR count). The van der Waals surface area contributed by atoms with E-state index in [2.05, 4.69) is 20.8 Å². The predicted molar refractivity (Wildman–Crippen MR) is 92.2 cm³/mol. The van der Waals surface area contributed by atoms with Gasteiger partial charge in [-0.05, 0) is 41.3 Å². The second-order valence-electron chi connectivity index (χ2n) is 5.97. The Bertz CT molecular complexity index is 757. The van der Waals surface area contributed by atoms with Crippen LogP contribution in [0.4, 0.5) is 24.5 Å². The summed E-state index contributed by atoms with van der Waals surface area (Å²) in [5.74, 6) is 0. The van der Waals surface area contributed by atoms with Gasteiger partial charge in [0.2, 0.25) is 0 Å². The minimum absolute atomic E-state index is 0.566. The van der Waals surface area contributed by atoms with Crippen molar-refractivity contribution in [2.24, 2.45) is 0 Å². The number of benzene rings is 2. The van der Waals surface area contributed by atoms with E-state index in [0.29, 0.717) is 24.5 Å². The van der Waals surface area contributed by atoms with Gasteiger partial charge in [0.15, 0.2) is 0 Å². The third-order valence-corrected chi connectivity index (χ3v) is 5.03. The van der Waals surface area contributed by atoms with Crippen molar-refractivity contribution in [1.29, 1.82) is 0 Å². The largest absolute Gasteiger partial charge is 0.416 e. The summed E-state index contributed by atoms with van der Waals surface area (Å²) in [5, 5.41) is 0. The number of hydrogen-bond acceptors (Lipinski definition) is 3. The van der Waals surface area contributed by atoms with Gasteiger partial charge in [0.1, 0.15) is 0 Å². The summed E-state index contributed by atoms with van der Waals surface area (Å²) >= 11 is 3.52. The minimum atomic E-state index is -4.30. The number of nitrogen functional groups attached to an aromatic ring is 2. The Labute approximate surface area is 146 Å². The van der Waals surface area contributed by atoms with Crippen molar-refractivity contribution in [2.45, 2.75) is 25.7 Å². The van der Waals surface area contributed by atoms with Gasteiger partial charge in [0.05, 0.1) is 16.9 Å². The molecule has 0 radical (unpaired) electrons. The Hall–Kier alpha value is -1.73. The van der Waals surface area contributed by atoms with Gasteiger partial charge in [-0.1, -0.05) is 28.1 Å². The summed E-state index contributed by atoms with van der Waals surface area (Å²) < 4.78 is 38.8. The van der Waals surface area contributed by atoms with Gasteiger partial charge in [0, 0.05) is 24.1 Å².